The molecular weight excluding hydrogens is 361 g/mol. The molecule has 0 spiro atoms. The van der Waals surface area contributed by atoms with Gasteiger partial charge < -0.3 is 5.73 Å². The molecule has 0 saturated heterocycles. The average molecular weight is 364 g/mol. The van der Waals surface area contributed by atoms with Crippen molar-refractivity contribution in [2.75, 3.05) is 5.73 Å². The van der Waals surface area contributed by atoms with Crippen molar-refractivity contribution in [3.63, 3.8) is 0 Å². The first kappa shape index (κ1) is 9.84. The van der Waals surface area contributed by atoms with Crippen LogP contribution in [0, 0.1) is 0 Å². The highest BCUT2D eigenvalue weighted by atomic mass is 79.9. The van der Waals surface area contributed by atoms with E-state index in [2.05, 4.69) is 47.8 Å². The molecule has 60 valence electrons. The Labute approximate surface area is 94.7 Å². The molecule has 0 heterocycles. The fraction of sp³-hybridized carbons (Fsp3) is 0. The first-order valence-electron chi connectivity index (χ1n) is 2.62. The van der Waals surface area contributed by atoms with Crippen LogP contribution in [0.25, 0.3) is 0 Å². The zero-order valence-corrected chi connectivity index (χ0v) is 10.7. The molecule has 0 atom stereocenters. The number of nitrogen functional groups attached to an aromatic ring is 1. The Hall–Kier alpha value is 0.750. The highest BCUT2D eigenvalue weighted by Gasteiger charge is 2.08. The second kappa shape index (κ2) is 3.64. The van der Waals surface area contributed by atoms with Gasteiger partial charge in [-0.05, 0) is 53.9 Å². The van der Waals surface area contributed by atoms with Gasteiger partial charge in [-0.15, -0.1) is 0 Å². The fourth-order valence-electron chi connectivity index (χ4n) is 0.580. The lowest BCUT2D eigenvalue weighted by atomic mass is 10.3. The molecule has 0 amide bonds. The van der Waals surface area contributed by atoms with E-state index in [4.69, 9.17) is 17.3 Å². The van der Waals surface area contributed by atoms with E-state index in [1.165, 1.54) is 0 Å². The maximum atomic E-state index is 5.86. The van der Waals surface area contributed by atoms with E-state index in [1.54, 1.807) is 0 Å². The Bertz CT molecular complexity index is 274. The van der Waals surface area contributed by atoms with E-state index >= 15 is 0 Å². The number of halogens is 4. The molecule has 1 nitrogen and oxygen atoms in total. The van der Waals surface area contributed by atoms with Gasteiger partial charge in [0, 0.05) is 8.95 Å². The van der Waals surface area contributed by atoms with Gasteiger partial charge in [0.15, 0.2) is 0 Å². The van der Waals surface area contributed by atoms with Crippen molar-refractivity contribution < 1.29 is 0 Å². The lowest BCUT2D eigenvalue weighted by molar-refractivity contribution is 1.55. The third-order valence-corrected chi connectivity index (χ3v) is 4.10. The first-order chi connectivity index (χ1) is 5.04. The standard InChI is InChI=1S/C6H3Br3ClN/c7-2-1-3(8)6(11)4(9)5(2)10/h1H,11H2. The summed E-state index contributed by atoms with van der Waals surface area (Å²) in [6, 6.07) is 1.81. The molecular formula is C6H3Br3ClN. The van der Waals surface area contributed by atoms with Gasteiger partial charge in [0.25, 0.3) is 0 Å². The summed E-state index contributed by atoms with van der Waals surface area (Å²) in [5.41, 5.74) is 6.26. The largest absolute Gasteiger partial charge is 0.397 e. The zero-order valence-electron chi connectivity index (χ0n) is 5.17. The summed E-state index contributed by atoms with van der Waals surface area (Å²) in [4.78, 5) is 0. The van der Waals surface area contributed by atoms with Crippen LogP contribution in [-0.4, -0.2) is 0 Å². The molecule has 5 heteroatoms. The van der Waals surface area contributed by atoms with Gasteiger partial charge in [0.1, 0.15) is 0 Å². The predicted octanol–water partition coefficient (Wildman–Crippen LogP) is 4.21. The minimum atomic E-state index is 0.589. The first-order valence-corrected chi connectivity index (χ1v) is 5.38. The molecule has 0 fully saturated rings. The second-order valence-electron chi connectivity index (χ2n) is 1.88. The molecule has 1 aromatic rings. The topological polar surface area (TPSA) is 26.0 Å². The summed E-state index contributed by atoms with van der Waals surface area (Å²) in [5, 5.41) is 0.589. The number of rotatable bonds is 0. The molecule has 11 heavy (non-hydrogen) atoms. The van der Waals surface area contributed by atoms with Crippen LogP contribution in [-0.2, 0) is 0 Å². The molecule has 0 aliphatic carbocycles. The van der Waals surface area contributed by atoms with Crippen molar-refractivity contribution in [2.45, 2.75) is 0 Å². The van der Waals surface area contributed by atoms with Crippen molar-refractivity contribution in [3.8, 4) is 0 Å². The Morgan fingerprint density at radius 1 is 1.18 bits per heavy atom. The third kappa shape index (κ3) is 1.91. The fourth-order valence-corrected chi connectivity index (χ4v) is 2.86. The van der Waals surface area contributed by atoms with E-state index in [0.29, 0.717) is 15.2 Å². The average Bonchev–Trinajstić information content (AvgIpc) is 1.97. The Morgan fingerprint density at radius 3 is 2.27 bits per heavy atom. The summed E-state index contributed by atoms with van der Waals surface area (Å²) in [6.07, 6.45) is 0. The lowest BCUT2D eigenvalue weighted by Crippen LogP contribution is -1.89. The van der Waals surface area contributed by atoms with Gasteiger partial charge in [0.2, 0.25) is 0 Å². The molecule has 1 rings (SSSR count). The third-order valence-electron chi connectivity index (χ3n) is 1.15. The van der Waals surface area contributed by atoms with Crippen LogP contribution in [0.5, 0.6) is 0 Å². The van der Waals surface area contributed by atoms with Gasteiger partial charge in [-0.2, -0.15) is 0 Å². The normalized spacial score (nSPS) is 10.2. The number of anilines is 1. The van der Waals surface area contributed by atoms with Crippen molar-refractivity contribution in [1.29, 1.82) is 0 Å². The van der Waals surface area contributed by atoms with Gasteiger partial charge in [-0.3, -0.25) is 0 Å². The number of nitrogens with two attached hydrogens (primary N) is 1. The summed E-state index contributed by atoms with van der Waals surface area (Å²) in [5.74, 6) is 0. The minimum Gasteiger partial charge on any atom is -0.397 e. The van der Waals surface area contributed by atoms with Crippen LogP contribution in [0.3, 0.4) is 0 Å². The van der Waals surface area contributed by atoms with E-state index in [-0.39, 0.29) is 0 Å². The number of hydrogen-bond acceptors (Lipinski definition) is 1. The molecule has 0 aromatic heterocycles. The highest BCUT2D eigenvalue weighted by molar-refractivity contribution is 9.11. The van der Waals surface area contributed by atoms with E-state index in [1.807, 2.05) is 6.07 Å². The molecule has 0 bridgehead atoms. The van der Waals surface area contributed by atoms with Crippen LogP contribution in [0.4, 0.5) is 5.69 Å². The smallest absolute Gasteiger partial charge is 0.0711 e. The van der Waals surface area contributed by atoms with Crippen LogP contribution < -0.4 is 5.73 Å². The quantitative estimate of drug-likeness (QED) is 0.417. The molecule has 0 unspecified atom stereocenters. The molecule has 0 radical (unpaired) electrons. The monoisotopic (exact) mass is 361 g/mol. The van der Waals surface area contributed by atoms with Gasteiger partial charge in [-0.1, -0.05) is 11.6 Å². The summed E-state index contributed by atoms with van der Waals surface area (Å²) < 4.78 is 2.34. The molecule has 2 N–H and O–H groups in total. The van der Waals surface area contributed by atoms with Crippen molar-refractivity contribution in [3.05, 3.63) is 24.5 Å². The maximum Gasteiger partial charge on any atom is 0.0711 e. The van der Waals surface area contributed by atoms with Crippen LogP contribution >= 0.6 is 59.4 Å². The molecule has 0 aliphatic rings. The number of hydrogen-bond donors (Lipinski definition) is 1. The summed E-state index contributed by atoms with van der Waals surface area (Å²) >= 11 is 15.7. The zero-order chi connectivity index (χ0) is 8.59. The van der Waals surface area contributed by atoms with E-state index < -0.39 is 0 Å². The van der Waals surface area contributed by atoms with Gasteiger partial charge in [0.05, 0.1) is 15.2 Å². The predicted molar refractivity (Wildman–Crippen MR) is 59.0 cm³/mol. The molecule has 0 saturated carbocycles. The molecule has 1 aromatic carbocycles. The highest BCUT2D eigenvalue weighted by Crippen LogP contribution is 2.39. The Kier molecular flexibility index (Phi) is 3.26. The van der Waals surface area contributed by atoms with E-state index in [9.17, 15) is 0 Å². The van der Waals surface area contributed by atoms with Crippen LogP contribution in [0.1, 0.15) is 0 Å². The number of benzene rings is 1. The minimum absolute atomic E-state index is 0.589. The summed E-state index contributed by atoms with van der Waals surface area (Å²) in [7, 11) is 0. The van der Waals surface area contributed by atoms with Gasteiger partial charge in [-0.25, -0.2) is 0 Å². The van der Waals surface area contributed by atoms with Crippen LogP contribution in [0.15, 0.2) is 19.5 Å². The van der Waals surface area contributed by atoms with Crippen molar-refractivity contribution in [2.24, 2.45) is 0 Å². The second-order valence-corrected chi connectivity index (χ2v) is 4.76. The Morgan fingerprint density at radius 2 is 1.73 bits per heavy atom. The Balaban J connectivity index is 3.46. The summed E-state index contributed by atoms with van der Waals surface area (Å²) in [6.45, 7) is 0. The van der Waals surface area contributed by atoms with Crippen LogP contribution in [0.2, 0.25) is 5.02 Å². The maximum absolute atomic E-state index is 5.86. The van der Waals surface area contributed by atoms with E-state index in [0.717, 1.165) is 8.95 Å². The molecule has 0 aliphatic heterocycles. The SMILES string of the molecule is Nc1c(Br)cc(Br)c(Cl)c1Br. The van der Waals surface area contributed by atoms with Gasteiger partial charge >= 0.3 is 0 Å². The van der Waals surface area contributed by atoms with Crippen molar-refractivity contribution >= 4 is 65.1 Å². The lowest BCUT2D eigenvalue weighted by Gasteiger charge is -2.04. The van der Waals surface area contributed by atoms with Crippen molar-refractivity contribution in [1.82, 2.24) is 0 Å².